The second kappa shape index (κ2) is 13.4. The van der Waals surface area contributed by atoms with Crippen molar-refractivity contribution < 1.29 is 38.4 Å². The van der Waals surface area contributed by atoms with Crippen LogP contribution in [0.15, 0.2) is 22.5 Å². The molecule has 4 heterocycles. The lowest BCUT2D eigenvalue weighted by atomic mass is 9.75. The van der Waals surface area contributed by atoms with Crippen molar-refractivity contribution in [3.63, 3.8) is 0 Å². The van der Waals surface area contributed by atoms with Gasteiger partial charge in [-0.3, -0.25) is 14.5 Å². The maximum Gasteiger partial charge on any atom is 0.226 e. The molecule has 2 N–H and O–H groups in total. The molecule has 5 aliphatic rings. The number of carbonyl (C=O) groups excluding carboxylic acids is 2. The standard InChI is InChI=1S/C34H52N4O8/c1-16(2)44-33(45-17(3)4)21-11-22-24(14-35)38-23(28(21)36-22)12-20-27(30(40)31(42-10)18(5)29(20)39)25(38)15-43-26-13-34(7,41)32(37(8)9)19(6)46-26/h16-17,19,21-26,28,32-33,36,41H,11-13,15H2,1-10H3/t19-,21+,22+,23-,24-,25-,26+,28-,32+,34-/m0/s1. The molecule has 0 aromatic heterocycles. The number of hydrogen-bond donors (Lipinski definition) is 2. The number of nitriles is 1. The van der Waals surface area contributed by atoms with E-state index in [0.29, 0.717) is 17.6 Å². The Bertz CT molecular complexity index is 1290. The predicted octanol–water partition coefficient (Wildman–Crippen LogP) is 2.06. The van der Waals surface area contributed by atoms with Gasteiger partial charge in [-0.1, -0.05) is 0 Å². The van der Waals surface area contributed by atoms with E-state index < -0.39 is 30.3 Å². The van der Waals surface area contributed by atoms with Crippen LogP contribution in [0.5, 0.6) is 0 Å². The molecule has 0 unspecified atom stereocenters. The highest BCUT2D eigenvalue weighted by atomic mass is 16.7. The van der Waals surface area contributed by atoms with Crippen LogP contribution in [0.1, 0.15) is 67.7 Å². The van der Waals surface area contributed by atoms with E-state index >= 15 is 0 Å². The summed E-state index contributed by atoms with van der Waals surface area (Å²) in [5.41, 5.74) is -0.0645. The Balaban J connectivity index is 1.53. The number of piperazine rings is 1. The van der Waals surface area contributed by atoms with Crippen molar-refractivity contribution in [2.24, 2.45) is 5.92 Å². The molecular weight excluding hydrogens is 592 g/mol. The van der Waals surface area contributed by atoms with Gasteiger partial charge in [0.2, 0.25) is 5.78 Å². The molecule has 5 rings (SSSR count). The fraction of sp³-hybridized carbons (Fsp3) is 0.794. The van der Waals surface area contributed by atoms with E-state index in [9.17, 15) is 20.0 Å². The second-order valence-corrected chi connectivity index (χ2v) is 14.5. The van der Waals surface area contributed by atoms with Gasteiger partial charge >= 0.3 is 0 Å². The van der Waals surface area contributed by atoms with Crippen LogP contribution in [-0.2, 0) is 33.3 Å². The number of fused-ring (bicyclic) bond motifs is 4. The highest BCUT2D eigenvalue weighted by Gasteiger charge is 2.59. The molecule has 0 spiro atoms. The van der Waals surface area contributed by atoms with Crippen LogP contribution < -0.4 is 5.32 Å². The molecule has 2 bridgehead atoms. The number of hydrogen-bond acceptors (Lipinski definition) is 12. The number of carbonyl (C=O) groups is 2. The average Bonchev–Trinajstić information content (AvgIpc) is 3.33. The smallest absolute Gasteiger partial charge is 0.226 e. The second-order valence-electron chi connectivity index (χ2n) is 14.5. The number of nitrogens with one attached hydrogen (secondary N) is 1. The number of ketones is 2. The van der Waals surface area contributed by atoms with E-state index in [1.807, 2.05) is 53.6 Å². The van der Waals surface area contributed by atoms with Crippen molar-refractivity contribution in [3.05, 3.63) is 22.5 Å². The summed E-state index contributed by atoms with van der Waals surface area (Å²) in [5.74, 6) is -0.659. The third-order valence-corrected chi connectivity index (χ3v) is 10.3. The van der Waals surface area contributed by atoms with Gasteiger partial charge in [0.25, 0.3) is 0 Å². The Kier molecular flexibility index (Phi) is 10.2. The zero-order valence-corrected chi connectivity index (χ0v) is 28.9. The van der Waals surface area contributed by atoms with Gasteiger partial charge in [-0.05, 0) is 75.4 Å². The molecule has 0 amide bonds. The average molecular weight is 645 g/mol. The topological polar surface area (TPSA) is 143 Å². The number of ether oxygens (including phenoxy) is 5. The largest absolute Gasteiger partial charge is 0.492 e. The molecule has 10 atom stereocenters. The molecule has 1 aliphatic carbocycles. The summed E-state index contributed by atoms with van der Waals surface area (Å²) >= 11 is 0. The molecule has 3 saturated heterocycles. The lowest BCUT2D eigenvalue weighted by Crippen LogP contribution is -2.70. The minimum atomic E-state index is -1.09. The third kappa shape index (κ3) is 6.21. The van der Waals surface area contributed by atoms with Gasteiger partial charge in [0.15, 0.2) is 24.1 Å². The van der Waals surface area contributed by atoms with Crippen LogP contribution in [0.2, 0.25) is 0 Å². The normalized spacial score (nSPS) is 38.3. The Morgan fingerprint density at radius 3 is 2.37 bits per heavy atom. The zero-order valence-electron chi connectivity index (χ0n) is 28.9. The first-order valence-corrected chi connectivity index (χ1v) is 16.6. The number of nitrogens with zero attached hydrogens (tertiary/aromatic N) is 3. The van der Waals surface area contributed by atoms with Crippen LogP contribution in [0.25, 0.3) is 0 Å². The Morgan fingerprint density at radius 1 is 1.17 bits per heavy atom. The summed E-state index contributed by atoms with van der Waals surface area (Å²) in [6.07, 6.45) is -0.606. The van der Waals surface area contributed by atoms with Gasteiger partial charge in [-0.2, -0.15) is 5.26 Å². The number of allylic oxidation sites excluding steroid dienone is 2. The van der Waals surface area contributed by atoms with Crippen LogP contribution in [-0.4, -0.2) is 127 Å². The summed E-state index contributed by atoms with van der Waals surface area (Å²) in [6, 6.07) is 0.260. The molecule has 4 aliphatic heterocycles. The van der Waals surface area contributed by atoms with Crippen molar-refractivity contribution in [1.82, 2.24) is 15.1 Å². The van der Waals surface area contributed by atoms with E-state index in [1.165, 1.54) is 7.11 Å². The van der Waals surface area contributed by atoms with Gasteiger partial charge in [-0.15, -0.1) is 0 Å². The number of rotatable bonds is 10. The molecule has 0 aromatic rings. The molecular formula is C34H52N4O8. The van der Waals surface area contributed by atoms with Crippen molar-refractivity contribution in [2.75, 3.05) is 27.8 Å². The summed E-state index contributed by atoms with van der Waals surface area (Å²) in [6.45, 7) is 13.2. The molecule has 0 radical (unpaired) electrons. The Labute approximate surface area is 273 Å². The van der Waals surface area contributed by atoms with E-state index in [0.717, 1.165) is 0 Å². The molecule has 0 saturated carbocycles. The summed E-state index contributed by atoms with van der Waals surface area (Å²) in [7, 11) is 5.20. The molecule has 12 heteroatoms. The minimum absolute atomic E-state index is 0.0127. The summed E-state index contributed by atoms with van der Waals surface area (Å²) in [5, 5.41) is 25.7. The first kappa shape index (κ1) is 35.1. The van der Waals surface area contributed by atoms with Crippen LogP contribution in [0, 0.1) is 17.2 Å². The fourth-order valence-electron chi connectivity index (χ4n) is 8.77. The van der Waals surface area contributed by atoms with Crippen LogP contribution in [0.3, 0.4) is 0 Å². The van der Waals surface area contributed by atoms with Gasteiger partial charge in [-0.25, -0.2) is 0 Å². The lowest BCUT2D eigenvalue weighted by molar-refractivity contribution is -0.259. The number of methoxy groups -OCH3 is 1. The van der Waals surface area contributed by atoms with Crippen molar-refractivity contribution >= 4 is 11.6 Å². The quantitative estimate of drug-likeness (QED) is 0.266. The van der Waals surface area contributed by atoms with Crippen LogP contribution >= 0.6 is 0 Å². The number of Topliss-reactive ketones (excluding diaryl/α,β-unsaturated/α-hetero) is 2. The molecule has 46 heavy (non-hydrogen) atoms. The molecule has 256 valence electrons. The molecule has 12 nitrogen and oxygen atoms in total. The monoisotopic (exact) mass is 644 g/mol. The maximum atomic E-state index is 14.1. The van der Waals surface area contributed by atoms with Crippen LogP contribution in [0.4, 0.5) is 0 Å². The van der Waals surface area contributed by atoms with E-state index in [1.54, 1.807) is 13.8 Å². The van der Waals surface area contributed by atoms with E-state index in [2.05, 4.69) is 16.3 Å². The first-order chi connectivity index (χ1) is 21.6. The maximum absolute atomic E-state index is 14.1. The zero-order chi connectivity index (χ0) is 33.8. The Hall–Kier alpha value is -2.21. The highest BCUT2D eigenvalue weighted by molar-refractivity contribution is 6.25. The van der Waals surface area contributed by atoms with Crippen molar-refractivity contribution in [1.29, 1.82) is 5.26 Å². The lowest BCUT2D eigenvalue weighted by Gasteiger charge is -2.53. The first-order valence-electron chi connectivity index (χ1n) is 16.6. The summed E-state index contributed by atoms with van der Waals surface area (Å²) < 4.78 is 30.7. The van der Waals surface area contributed by atoms with Crippen molar-refractivity contribution in [3.8, 4) is 6.07 Å². The predicted molar refractivity (Wildman–Crippen MR) is 168 cm³/mol. The van der Waals surface area contributed by atoms with Crippen molar-refractivity contribution in [2.45, 2.75) is 140 Å². The summed E-state index contributed by atoms with van der Waals surface area (Å²) in [4.78, 5) is 32.0. The highest BCUT2D eigenvalue weighted by Crippen LogP contribution is 2.47. The third-order valence-electron chi connectivity index (χ3n) is 10.3. The molecule has 0 aromatic carbocycles. The van der Waals surface area contributed by atoms with Gasteiger partial charge in [0, 0.05) is 47.2 Å². The fourth-order valence-corrected chi connectivity index (χ4v) is 8.77. The van der Waals surface area contributed by atoms with Gasteiger partial charge < -0.3 is 39.0 Å². The number of aliphatic hydroxyl groups is 1. The van der Waals surface area contributed by atoms with Gasteiger partial charge in [0.1, 0.15) is 6.04 Å². The minimum Gasteiger partial charge on any atom is -0.492 e. The van der Waals surface area contributed by atoms with Gasteiger partial charge in [0.05, 0.1) is 55.8 Å². The Morgan fingerprint density at radius 2 is 1.83 bits per heavy atom. The molecule has 3 fully saturated rings. The van der Waals surface area contributed by atoms with E-state index in [-0.39, 0.29) is 90.7 Å². The number of likely N-dealkylation sites (N-methyl/N-ethyl adjacent to an activating group) is 1. The SMILES string of the molecule is COC1=C(C)C(=O)C2=C(C1=O)[C@H](CO[C@H]1C[C@](C)(O)[C@H](N(C)C)[C@H](C)O1)N1[C@@H](C#N)[C@H]3C[C@@H](C(OC(C)C)OC(C)C)[C@H](N3)[C@@H]1C2. The van der Waals surface area contributed by atoms with E-state index in [4.69, 9.17) is 23.7 Å².